The van der Waals surface area contributed by atoms with Crippen LogP contribution in [0.2, 0.25) is 5.15 Å². The van der Waals surface area contributed by atoms with Crippen molar-refractivity contribution in [1.29, 1.82) is 0 Å². The molecular weight excluding hydrogens is 292 g/mol. The number of hydrogen-bond acceptors (Lipinski definition) is 4. The van der Waals surface area contributed by atoms with Crippen LogP contribution < -0.4 is 11.2 Å². The molecule has 0 radical (unpaired) electrons. The quantitative estimate of drug-likeness (QED) is 0.795. The van der Waals surface area contributed by atoms with Crippen LogP contribution in [-0.4, -0.2) is 29.5 Å². The van der Waals surface area contributed by atoms with Crippen molar-refractivity contribution in [2.75, 3.05) is 11.5 Å². The van der Waals surface area contributed by atoms with Crippen molar-refractivity contribution in [3.05, 3.63) is 31.6 Å². The molecule has 1 atom stereocenters. The smallest absolute Gasteiger partial charge is 0.297 e. The van der Waals surface area contributed by atoms with E-state index in [1.54, 1.807) is 13.8 Å². The second kappa shape index (κ2) is 4.49. The number of rotatable bonds is 2. The van der Waals surface area contributed by atoms with E-state index in [1.807, 2.05) is 0 Å². The topological polar surface area (TPSA) is 89.0 Å². The molecule has 0 spiro atoms. The van der Waals surface area contributed by atoms with E-state index in [4.69, 9.17) is 11.6 Å². The second-order valence-corrected chi connectivity index (χ2v) is 7.62. The van der Waals surface area contributed by atoms with Gasteiger partial charge >= 0.3 is 5.69 Å². The maximum atomic E-state index is 12.3. The van der Waals surface area contributed by atoms with Crippen LogP contribution in [0.5, 0.6) is 0 Å². The summed E-state index contributed by atoms with van der Waals surface area (Å²) in [6.45, 7) is 3.36. The van der Waals surface area contributed by atoms with Crippen LogP contribution >= 0.6 is 11.6 Å². The molecule has 0 aliphatic carbocycles. The van der Waals surface area contributed by atoms with E-state index < -0.39 is 26.6 Å². The minimum absolute atomic E-state index is 0.0144. The summed E-state index contributed by atoms with van der Waals surface area (Å²) in [6, 6.07) is 0. The molecule has 0 bridgehead atoms. The lowest BCUT2D eigenvalue weighted by Gasteiger charge is -2.24. The molecule has 8 heteroatoms. The molecule has 1 fully saturated rings. The molecular formula is C11H15ClN2O4S. The molecule has 0 amide bonds. The highest BCUT2D eigenvalue weighted by Crippen LogP contribution is 2.28. The van der Waals surface area contributed by atoms with Gasteiger partial charge in [0, 0.05) is 0 Å². The molecule has 19 heavy (non-hydrogen) atoms. The first-order valence-electron chi connectivity index (χ1n) is 5.95. The molecule has 0 saturated carbocycles. The molecule has 1 aromatic heterocycles. The van der Waals surface area contributed by atoms with Gasteiger partial charge in [-0.2, -0.15) is 0 Å². The fourth-order valence-corrected chi connectivity index (χ4v) is 4.92. The third-order valence-corrected chi connectivity index (χ3v) is 5.73. The molecule has 2 rings (SSSR count). The van der Waals surface area contributed by atoms with E-state index in [1.165, 1.54) is 0 Å². The van der Waals surface area contributed by atoms with Gasteiger partial charge in [-0.3, -0.25) is 14.3 Å². The van der Waals surface area contributed by atoms with E-state index in [-0.39, 0.29) is 23.1 Å². The number of hydrogen-bond donors (Lipinski definition) is 1. The normalized spacial score (nSPS) is 25.6. The minimum atomic E-state index is -3.21. The number of sulfone groups is 1. The first-order chi connectivity index (χ1) is 8.70. The summed E-state index contributed by atoms with van der Waals surface area (Å²) in [5, 5.41) is 0.0261. The summed E-state index contributed by atoms with van der Waals surface area (Å²) < 4.78 is 24.2. The van der Waals surface area contributed by atoms with Gasteiger partial charge in [-0.05, 0) is 19.8 Å². The number of aromatic amines is 1. The van der Waals surface area contributed by atoms with Crippen molar-refractivity contribution in [3.8, 4) is 0 Å². The Morgan fingerprint density at radius 3 is 2.53 bits per heavy atom. The Bertz CT molecular complexity index is 734. The molecule has 106 valence electrons. The van der Waals surface area contributed by atoms with Gasteiger partial charge in [0.25, 0.3) is 5.56 Å². The van der Waals surface area contributed by atoms with Crippen molar-refractivity contribution < 1.29 is 8.42 Å². The monoisotopic (exact) mass is 306 g/mol. The van der Waals surface area contributed by atoms with Gasteiger partial charge in [0.1, 0.15) is 5.15 Å². The Morgan fingerprint density at radius 1 is 1.42 bits per heavy atom. The van der Waals surface area contributed by atoms with E-state index in [2.05, 4.69) is 4.98 Å². The summed E-state index contributed by atoms with van der Waals surface area (Å²) in [6.07, 6.45) is 0.625. The summed E-state index contributed by atoms with van der Waals surface area (Å²) >= 11 is 5.83. The highest BCUT2D eigenvalue weighted by molar-refractivity contribution is 7.91. The minimum Gasteiger partial charge on any atom is -0.297 e. The number of aromatic nitrogens is 2. The summed E-state index contributed by atoms with van der Waals surface area (Å²) in [5.74, 6) is -0.215. The molecule has 2 heterocycles. The van der Waals surface area contributed by atoms with Crippen molar-refractivity contribution >= 4 is 21.4 Å². The third kappa shape index (κ3) is 2.36. The maximum absolute atomic E-state index is 12.3. The second-order valence-electron chi connectivity index (χ2n) is 5.06. The van der Waals surface area contributed by atoms with Crippen LogP contribution in [0.25, 0.3) is 0 Å². The zero-order chi connectivity index (χ0) is 14.4. The van der Waals surface area contributed by atoms with Gasteiger partial charge < -0.3 is 0 Å². The predicted octanol–water partition coefficient (Wildman–Crippen LogP) is 0.286. The van der Waals surface area contributed by atoms with Crippen molar-refractivity contribution in [2.45, 2.75) is 32.2 Å². The van der Waals surface area contributed by atoms with Crippen LogP contribution in [0.15, 0.2) is 9.59 Å². The predicted molar refractivity (Wildman–Crippen MR) is 72.6 cm³/mol. The number of H-pyrrole nitrogens is 1. The van der Waals surface area contributed by atoms with E-state index in [0.29, 0.717) is 12.0 Å². The Kier molecular flexibility index (Phi) is 3.38. The van der Waals surface area contributed by atoms with Gasteiger partial charge in [-0.1, -0.05) is 18.5 Å². The Labute approximate surface area is 115 Å². The summed E-state index contributed by atoms with van der Waals surface area (Å²) in [7, 11) is -3.21. The maximum Gasteiger partial charge on any atom is 0.330 e. The Morgan fingerprint density at radius 2 is 2.05 bits per heavy atom. The van der Waals surface area contributed by atoms with Gasteiger partial charge in [0.2, 0.25) is 0 Å². The molecule has 1 aromatic rings. The molecule has 1 N–H and O–H groups in total. The van der Waals surface area contributed by atoms with Crippen LogP contribution in [0.1, 0.15) is 25.8 Å². The number of halogens is 1. The van der Waals surface area contributed by atoms with E-state index in [9.17, 15) is 18.0 Å². The highest BCUT2D eigenvalue weighted by Gasteiger charge is 2.42. The first-order valence-corrected chi connectivity index (χ1v) is 8.15. The summed E-state index contributed by atoms with van der Waals surface area (Å²) in [5.41, 5.74) is -1.87. The molecule has 1 unspecified atom stereocenters. The summed E-state index contributed by atoms with van der Waals surface area (Å²) in [4.78, 5) is 26.7. The average molecular weight is 307 g/mol. The molecule has 1 saturated heterocycles. The first kappa shape index (κ1) is 14.3. The SMILES string of the molecule is CCc1c(Cl)[nH]c(=O)n(C2(C)CCS(=O)(=O)C2)c1=O. The standard InChI is InChI=1S/C11H15ClN2O4S/c1-3-7-8(12)13-10(16)14(9(7)15)11(2)4-5-19(17,18)6-11/h3-6H2,1-2H3,(H,13,16). The Hall–Kier alpha value is -1.08. The molecule has 6 nitrogen and oxygen atoms in total. The third-order valence-electron chi connectivity index (χ3n) is 3.52. The van der Waals surface area contributed by atoms with Gasteiger partial charge in [-0.15, -0.1) is 0 Å². The fourth-order valence-electron chi connectivity index (χ4n) is 2.51. The van der Waals surface area contributed by atoms with E-state index in [0.717, 1.165) is 4.57 Å². The zero-order valence-electron chi connectivity index (χ0n) is 10.7. The Balaban J connectivity index is 2.71. The largest absolute Gasteiger partial charge is 0.330 e. The van der Waals surface area contributed by atoms with Crippen molar-refractivity contribution in [2.24, 2.45) is 0 Å². The van der Waals surface area contributed by atoms with E-state index >= 15 is 0 Å². The lowest BCUT2D eigenvalue weighted by atomic mass is 10.0. The van der Waals surface area contributed by atoms with Crippen LogP contribution in [0.4, 0.5) is 0 Å². The number of nitrogens with one attached hydrogen (secondary N) is 1. The molecule has 1 aliphatic rings. The lowest BCUT2D eigenvalue weighted by Crippen LogP contribution is -2.49. The van der Waals surface area contributed by atoms with Crippen molar-refractivity contribution in [1.82, 2.24) is 9.55 Å². The van der Waals surface area contributed by atoms with Gasteiger partial charge in [-0.25, -0.2) is 13.2 Å². The van der Waals surface area contributed by atoms with Crippen molar-refractivity contribution in [3.63, 3.8) is 0 Å². The van der Waals surface area contributed by atoms with Gasteiger partial charge in [0.15, 0.2) is 9.84 Å². The highest BCUT2D eigenvalue weighted by atomic mass is 35.5. The molecule has 0 aromatic carbocycles. The van der Waals surface area contributed by atoms with Crippen LogP contribution in [0.3, 0.4) is 0 Å². The average Bonchev–Trinajstić information content (AvgIpc) is 2.53. The number of nitrogens with zero attached hydrogens (tertiary/aromatic N) is 1. The van der Waals surface area contributed by atoms with Gasteiger partial charge in [0.05, 0.1) is 22.6 Å². The van der Waals surface area contributed by atoms with Crippen LogP contribution in [-0.2, 0) is 21.8 Å². The lowest BCUT2D eigenvalue weighted by molar-refractivity contribution is 0.337. The van der Waals surface area contributed by atoms with Crippen LogP contribution in [0, 0.1) is 0 Å². The molecule has 1 aliphatic heterocycles. The zero-order valence-corrected chi connectivity index (χ0v) is 12.3. The fraction of sp³-hybridized carbons (Fsp3) is 0.636.